The number of nitrogens with zero attached hydrogens (tertiary/aromatic N) is 2. The van der Waals surface area contributed by atoms with Gasteiger partial charge in [0.25, 0.3) is 5.91 Å². The van der Waals surface area contributed by atoms with Crippen LogP contribution in [0.5, 0.6) is 0 Å². The normalized spacial score (nSPS) is 10.4. The molecule has 26 heavy (non-hydrogen) atoms. The van der Waals surface area contributed by atoms with Gasteiger partial charge in [0, 0.05) is 24.6 Å². The Kier molecular flexibility index (Phi) is 5.53. The largest absolute Gasteiger partial charge is 0.350 e. The van der Waals surface area contributed by atoms with Crippen molar-refractivity contribution in [2.75, 3.05) is 10.6 Å². The Hall–Kier alpha value is -3.28. The Balaban J connectivity index is 1.57. The number of carbonyl (C=O) groups excluding carboxylic acids is 1. The van der Waals surface area contributed by atoms with E-state index in [9.17, 15) is 9.18 Å². The van der Waals surface area contributed by atoms with Crippen LogP contribution < -0.4 is 10.6 Å². The minimum absolute atomic E-state index is 0.265. The number of aromatic nitrogens is 2. The van der Waals surface area contributed by atoms with Gasteiger partial charge in [-0.2, -0.15) is 0 Å². The van der Waals surface area contributed by atoms with Crippen LogP contribution >= 0.6 is 0 Å². The summed E-state index contributed by atoms with van der Waals surface area (Å²) in [7, 11) is 0. The van der Waals surface area contributed by atoms with E-state index in [-0.39, 0.29) is 11.7 Å². The summed E-state index contributed by atoms with van der Waals surface area (Å²) < 4.78 is 12.9. The third-order valence-electron chi connectivity index (χ3n) is 3.90. The number of amides is 1. The van der Waals surface area contributed by atoms with Gasteiger partial charge < -0.3 is 10.6 Å². The maximum Gasteiger partial charge on any atom is 0.258 e. The highest BCUT2D eigenvalue weighted by atomic mass is 19.1. The van der Waals surface area contributed by atoms with E-state index in [4.69, 9.17) is 0 Å². The summed E-state index contributed by atoms with van der Waals surface area (Å²) in [5.41, 5.74) is 3.22. The molecule has 0 aliphatic heterocycles. The molecule has 0 spiro atoms. The van der Waals surface area contributed by atoms with Crippen molar-refractivity contribution in [1.82, 2.24) is 9.97 Å². The summed E-state index contributed by atoms with van der Waals surface area (Å²) in [5.74, 6) is -0.137. The molecule has 0 atom stereocenters. The van der Waals surface area contributed by atoms with Gasteiger partial charge in [-0.25, -0.2) is 14.4 Å². The number of hydrogen-bond donors (Lipinski definition) is 2. The number of anilines is 2. The highest BCUT2D eigenvalue weighted by Gasteiger charge is 2.08. The van der Waals surface area contributed by atoms with E-state index in [1.807, 2.05) is 24.3 Å². The van der Waals surface area contributed by atoms with Crippen LogP contribution in [-0.4, -0.2) is 15.9 Å². The average molecular weight is 350 g/mol. The molecule has 2 aromatic carbocycles. The fourth-order valence-electron chi connectivity index (χ4n) is 2.35. The third kappa shape index (κ3) is 4.63. The Morgan fingerprint density at radius 1 is 0.962 bits per heavy atom. The second-order valence-electron chi connectivity index (χ2n) is 5.78. The Morgan fingerprint density at radius 3 is 2.19 bits per heavy atom. The number of carbonyl (C=O) groups is 1. The molecule has 1 amide bonds. The first-order chi connectivity index (χ1) is 12.6. The third-order valence-corrected chi connectivity index (χ3v) is 3.90. The smallest absolute Gasteiger partial charge is 0.258 e. The zero-order chi connectivity index (χ0) is 18.4. The summed E-state index contributed by atoms with van der Waals surface area (Å²) in [5, 5.41) is 5.85. The van der Waals surface area contributed by atoms with E-state index < -0.39 is 0 Å². The van der Waals surface area contributed by atoms with E-state index in [0.717, 1.165) is 17.7 Å². The van der Waals surface area contributed by atoms with Crippen LogP contribution in [0.15, 0.2) is 60.9 Å². The second-order valence-corrected chi connectivity index (χ2v) is 5.78. The van der Waals surface area contributed by atoms with Crippen LogP contribution in [0, 0.1) is 5.82 Å². The van der Waals surface area contributed by atoms with Crippen molar-refractivity contribution in [3.05, 3.63) is 83.4 Å². The molecule has 0 unspecified atom stereocenters. The first kappa shape index (κ1) is 17.5. The van der Waals surface area contributed by atoms with Crippen LogP contribution in [-0.2, 0) is 13.0 Å². The Labute approximate surface area is 151 Å². The molecule has 5 nitrogen and oxygen atoms in total. The number of rotatable bonds is 6. The number of hydrogen-bond acceptors (Lipinski definition) is 4. The molecule has 132 valence electrons. The van der Waals surface area contributed by atoms with Gasteiger partial charge >= 0.3 is 0 Å². The number of nitrogens with one attached hydrogen (secondary N) is 2. The van der Waals surface area contributed by atoms with Crippen molar-refractivity contribution in [1.29, 1.82) is 0 Å². The standard InChI is InChI=1S/C20H19FN4O/c1-2-14-5-9-18(10-6-14)25-19(26)16-12-23-20(24-13-16)22-11-15-3-7-17(21)8-4-15/h3-10,12-13H,2,11H2,1H3,(H,25,26)(H,22,23,24). The van der Waals surface area contributed by atoms with Crippen molar-refractivity contribution < 1.29 is 9.18 Å². The topological polar surface area (TPSA) is 66.9 Å². The van der Waals surface area contributed by atoms with Crippen LogP contribution in [0.25, 0.3) is 0 Å². The van der Waals surface area contributed by atoms with Crippen LogP contribution in [0.2, 0.25) is 0 Å². The predicted molar refractivity (Wildman–Crippen MR) is 99.5 cm³/mol. The fourth-order valence-corrected chi connectivity index (χ4v) is 2.35. The molecule has 6 heteroatoms. The molecule has 2 N–H and O–H groups in total. The zero-order valence-corrected chi connectivity index (χ0v) is 14.4. The molecule has 0 saturated carbocycles. The van der Waals surface area contributed by atoms with Crippen molar-refractivity contribution >= 4 is 17.5 Å². The van der Waals surface area contributed by atoms with Crippen molar-refractivity contribution in [2.45, 2.75) is 19.9 Å². The minimum atomic E-state index is -0.273. The Morgan fingerprint density at radius 2 is 1.58 bits per heavy atom. The van der Waals surface area contributed by atoms with Crippen LogP contribution in [0.3, 0.4) is 0 Å². The maximum absolute atomic E-state index is 12.9. The lowest BCUT2D eigenvalue weighted by molar-refractivity contribution is 0.102. The highest BCUT2D eigenvalue weighted by Crippen LogP contribution is 2.12. The molecule has 1 heterocycles. The molecule has 0 radical (unpaired) electrons. The molecule has 3 aromatic rings. The fraction of sp³-hybridized carbons (Fsp3) is 0.150. The molecule has 1 aromatic heterocycles. The van der Waals surface area contributed by atoms with Gasteiger partial charge in [-0.3, -0.25) is 4.79 Å². The van der Waals surface area contributed by atoms with Gasteiger partial charge in [0.15, 0.2) is 0 Å². The number of aryl methyl sites for hydroxylation is 1. The summed E-state index contributed by atoms with van der Waals surface area (Å²) in [4.78, 5) is 20.5. The summed E-state index contributed by atoms with van der Waals surface area (Å²) in [6, 6.07) is 13.9. The van der Waals surface area contributed by atoms with Gasteiger partial charge in [0.2, 0.25) is 5.95 Å². The average Bonchev–Trinajstić information content (AvgIpc) is 2.68. The zero-order valence-electron chi connectivity index (χ0n) is 14.4. The van der Waals surface area contributed by atoms with Crippen LogP contribution in [0.4, 0.5) is 16.0 Å². The molecule has 0 fully saturated rings. The lowest BCUT2D eigenvalue weighted by Gasteiger charge is -2.07. The van der Waals surface area contributed by atoms with E-state index in [0.29, 0.717) is 18.1 Å². The SMILES string of the molecule is CCc1ccc(NC(=O)c2cnc(NCc3ccc(F)cc3)nc2)cc1. The molecule has 0 aliphatic carbocycles. The van der Waals surface area contributed by atoms with Gasteiger partial charge in [-0.15, -0.1) is 0 Å². The minimum Gasteiger partial charge on any atom is -0.350 e. The van der Waals surface area contributed by atoms with Gasteiger partial charge in [0.1, 0.15) is 5.82 Å². The van der Waals surface area contributed by atoms with Crippen LogP contribution in [0.1, 0.15) is 28.4 Å². The first-order valence-electron chi connectivity index (χ1n) is 8.34. The quantitative estimate of drug-likeness (QED) is 0.704. The summed E-state index contributed by atoms with van der Waals surface area (Å²) >= 11 is 0. The van der Waals surface area contributed by atoms with Crippen molar-refractivity contribution in [3.8, 4) is 0 Å². The molecule has 0 aliphatic rings. The lowest BCUT2D eigenvalue weighted by Crippen LogP contribution is -2.13. The predicted octanol–water partition coefficient (Wildman–Crippen LogP) is 4.04. The van der Waals surface area contributed by atoms with Crippen molar-refractivity contribution in [3.63, 3.8) is 0 Å². The first-order valence-corrected chi connectivity index (χ1v) is 8.34. The summed E-state index contributed by atoms with van der Waals surface area (Å²) in [6.45, 7) is 2.55. The van der Waals surface area contributed by atoms with Gasteiger partial charge in [-0.1, -0.05) is 31.2 Å². The second kappa shape index (κ2) is 8.20. The van der Waals surface area contributed by atoms with Gasteiger partial charge in [-0.05, 0) is 41.8 Å². The van der Waals surface area contributed by atoms with E-state index >= 15 is 0 Å². The van der Waals surface area contributed by atoms with Gasteiger partial charge in [0.05, 0.1) is 5.56 Å². The number of benzene rings is 2. The monoisotopic (exact) mass is 350 g/mol. The van der Waals surface area contributed by atoms with E-state index in [1.165, 1.54) is 30.1 Å². The Bertz CT molecular complexity index is 862. The maximum atomic E-state index is 12.9. The number of halogens is 1. The highest BCUT2D eigenvalue weighted by molar-refractivity contribution is 6.03. The molecule has 0 saturated heterocycles. The summed E-state index contributed by atoms with van der Waals surface area (Å²) in [6.07, 6.45) is 3.89. The van der Waals surface area contributed by atoms with E-state index in [2.05, 4.69) is 27.5 Å². The molecular formula is C20H19FN4O. The van der Waals surface area contributed by atoms with Crippen molar-refractivity contribution in [2.24, 2.45) is 0 Å². The molecule has 3 rings (SSSR count). The lowest BCUT2D eigenvalue weighted by atomic mass is 10.1. The molecular weight excluding hydrogens is 331 g/mol. The molecule has 0 bridgehead atoms. The van der Waals surface area contributed by atoms with E-state index in [1.54, 1.807) is 12.1 Å².